The first-order chi connectivity index (χ1) is 10.3. The zero-order chi connectivity index (χ0) is 14.5. The third kappa shape index (κ3) is 3.54. The smallest absolute Gasteiger partial charge is 0.128 e. The van der Waals surface area contributed by atoms with Crippen molar-refractivity contribution in [2.45, 2.75) is 12.8 Å². The minimum absolute atomic E-state index is 0.269. The van der Waals surface area contributed by atoms with Gasteiger partial charge >= 0.3 is 0 Å². The standard InChI is InChI=1S/C16H26N4O/c17-13-16(4-11-21-12-5-16)14-19-7-9-20(10-8-19)15-3-1-2-6-18-15/h1-3,6H,4-5,7-14,17H2. The molecule has 3 rings (SSSR count). The number of aromatic nitrogens is 1. The Hall–Kier alpha value is -1.17. The maximum atomic E-state index is 6.07. The van der Waals surface area contributed by atoms with Crippen molar-refractivity contribution in [3.8, 4) is 0 Å². The molecule has 3 heterocycles. The molecule has 0 atom stereocenters. The Morgan fingerprint density at radius 1 is 1.14 bits per heavy atom. The van der Waals surface area contributed by atoms with E-state index in [9.17, 15) is 0 Å². The van der Waals surface area contributed by atoms with Crippen LogP contribution in [0.2, 0.25) is 0 Å². The summed E-state index contributed by atoms with van der Waals surface area (Å²) in [6, 6.07) is 6.12. The van der Waals surface area contributed by atoms with E-state index in [-0.39, 0.29) is 5.41 Å². The van der Waals surface area contributed by atoms with E-state index in [4.69, 9.17) is 10.5 Å². The van der Waals surface area contributed by atoms with Gasteiger partial charge in [0.15, 0.2) is 0 Å². The van der Waals surface area contributed by atoms with Crippen molar-refractivity contribution in [2.75, 3.05) is 57.4 Å². The van der Waals surface area contributed by atoms with Gasteiger partial charge in [0, 0.05) is 52.1 Å². The van der Waals surface area contributed by atoms with Gasteiger partial charge in [0.25, 0.3) is 0 Å². The molecular formula is C16H26N4O. The molecule has 0 aromatic carbocycles. The average molecular weight is 290 g/mol. The van der Waals surface area contributed by atoms with Crippen molar-refractivity contribution in [1.82, 2.24) is 9.88 Å². The Morgan fingerprint density at radius 3 is 2.52 bits per heavy atom. The highest BCUT2D eigenvalue weighted by atomic mass is 16.5. The molecule has 1 aromatic rings. The first-order valence-electron chi connectivity index (χ1n) is 7.98. The first kappa shape index (κ1) is 14.8. The number of rotatable bonds is 4. The van der Waals surface area contributed by atoms with E-state index in [0.29, 0.717) is 0 Å². The lowest BCUT2D eigenvalue weighted by atomic mass is 9.79. The van der Waals surface area contributed by atoms with E-state index >= 15 is 0 Å². The maximum absolute atomic E-state index is 6.07. The summed E-state index contributed by atoms with van der Waals surface area (Å²) < 4.78 is 5.50. The highest BCUT2D eigenvalue weighted by molar-refractivity contribution is 5.38. The Kier molecular flexibility index (Phi) is 4.73. The van der Waals surface area contributed by atoms with Crippen LogP contribution in [0.4, 0.5) is 5.82 Å². The molecule has 2 aliphatic rings. The number of nitrogens with two attached hydrogens (primary N) is 1. The second-order valence-electron chi connectivity index (χ2n) is 6.27. The summed E-state index contributed by atoms with van der Waals surface area (Å²) in [5.41, 5.74) is 6.34. The van der Waals surface area contributed by atoms with Crippen molar-refractivity contribution in [1.29, 1.82) is 0 Å². The van der Waals surface area contributed by atoms with Crippen LogP contribution in [0, 0.1) is 5.41 Å². The lowest BCUT2D eigenvalue weighted by molar-refractivity contribution is -0.000907. The molecule has 0 amide bonds. The molecule has 0 bridgehead atoms. The van der Waals surface area contributed by atoms with Crippen LogP contribution in [-0.2, 0) is 4.74 Å². The van der Waals surface area contributed by atoms with E-state index < -0.39 is 0 Å². The van der Waals surface area contributed by atoms with Crippen molar-refractivity contribution in [3.05, 3.63) is 24.4 Å². The summed E-state index contributed by atoms with van der Waals surface area (Å²) in [6.45, 7) is 7.91. The van der Waals surface area contributed by atoms with Crippen LogP contribution in [0.1, 0.15) is 12.8 Å². The van der Waals surface area contributed by atoms with Gasteiger partial charge in [0.2, 0.25) is 0 Å². The van der Waals surface area contributed by atoms with Gasteiger partial charge in [0.05, 0.1) is 0 Å². The maximum Gasteiger partial charge on any atom is 0.128 e. The van der Waals surface area contributed by atoms with E-state index in [1.807, 2.05) is 12.3 Å². The summed E-state index contributed by atoms with van der Waals surface area (Å²) >= 11 is 0. The van der Waals surface area contributed by atoms with Crippen LogP contribution in [0.5, 0.6) is 0 Å². The fourth-order valence-electron chi connectivity index (χ4n) is 3.38. The summed E-state index contributed by atoms with van der Waals surface area (Å²) in [4.78, 5) is 9.38. The molecule has 0 radical (unpaired) electrons. The molecule has 21 heavy (non-hydrogen) atoms. The number of nitrogens with zero attached hydrogens (tertiary/aromatic N) is 3. The number of pyridine rings is 1. The van der Waals surface area contributed by atoms with Gasteiger partial charge in [-0.25, -0.2) is 4.98 Å². The largest absolute Gasteiger partial charge is 0.381 e. The first-order valence-corrected chi connectivity index (χ1v) is 7.98. The minimum Gasteiger partial charge on any atom is -0.381 e. The summed E-state index contributed by atoms with van der Waals surface area (Å²) in [5, 5.41) is 0. The zero-order valence-corrected chi connectivity index (χ0v) is 12.7. The van der Waals surface area contributed by atoms with Gasteiger partial charge in [-0.1, -0.05) is 6.07 Å². The highest BCUT2D eigenvalue weighted by Gasteiger charge is 2.34. The molecule has 0 aliphatic carbocycles. The predicted molar refractivity (Wildman–Crippen MR) is 84.4 cm³/mol. The number of piperazine rings is 1. The number of anilines is 1. The Morgan fingerprint density at radius 2 is 1.90 bits per heavy atom. The van der Waals surface area contributed by atoms with Gasteiger partial charge in [-0.2, -0.15) is 0 Å². The van der Waals surface area contributed by atoms with Gasteiger partial charge in [-0.3, -0.25) is 4.90 Å². The number of hydrogen-bond donors (Lipinski definition) is 1. The third-order valence-corrected chi connectivity index (χ3v) is 4.89. The summed E-state index contributed by atoms with van der Waals surface area (Å²) in [6.07, 6.45) is 4.07. The quantitative estimate of drug-likeness (QED) is 0.895. The molecule has 116 valence electrons. The molecule has 2 saturated heterocycles. The van der Waals surface area contributed by atoms with E-state index in [1.54, 1.807) is 0 Å². The Bertz CT molecular complexity index is 425. The molecule has 0 unspecified atom stereocenters. The average Bonchev–Trinajstić information content (AvgIpc) is 2.57. The molecule has 0 saturated carbocycles. The topological polar surface area (TPSA) is 54.6 Å². The fraction of sp³-hybridized carbons (Fsp3) is 0.688. The van der Waals surface area contributed by atoms with Gasteiger partial charge in [-0.15, -0.1) is 0 Å². The lowest BCUT2D eigenvalue weighted by Crippen LogP contribution is -2.52. The molecule has 2 N–H and O–H groups in total. The van der Waals surface area contributed by atoms with Crippen LogP contribution >= 0.6 is 0 Å². The summed E-state index contributed by atoms with van der Waals surface area (Å²) in [7, 11) is 0. The van der Waals surface area contributed by atoms with Gasteiger partial charge in [-0.05, 0) is 36.9 Å². The van der Waals surface area contributed by atoms with E-state index in [2.05, 4.69) is 26.9 Å². The van der Waals surface area contributed by atoms with Crippen molar-refractivity contribution in [3.63, 3.8) is 0 Å². The third-order valence-electron chi connectivity index (χ3n) is 4.89. The van der Waals surface area contributed by atoms with Crippen LogP contribution in [-0.4, -0.2) is 62.4 Å². The Balaban J connectivity index is 1.53. The molecule has 2 aliphatic heterocycles. The fourth-order valence-corrected chi connectivity index (χ4v) is 3.38. The summed E-state index contributed by atoms with van der Waals surface area (Å²) in [5.74, 6) is 1.09. The van der Waals surface area contributed by atoms with Crippen LogP contribution in [0.25, 0.3) is 0 Å². The Labute approximate surface area is 127 Å². The van der Waals surface area contributed by atoms with Crippen LogP contribution in [0.3, 0.4) is 0 Å². The molecule has 5 nitrogen and oxygen atoms in total. The van der Waals surface area contributed by atoms with Crippen molar-refractivity contribution >= 4 is 5.82 Å². The van der Waals surface area contributed by atoms with Crippen molar-refractivity contribution in [2.24, 2.45) is 11.1 Å². The number of ether oxygens (including phenoxy) is 1. The van der Waals surface area contributed by atoms with Crippen LogP contribution in [0.15, 0.2) is 24.4 Å². The molecule has 2 fully saturated rings. The van der Waals surface area contributed by atoms with Gasteiger partial charge < -0.3 is 15.4 Å². The second-order valence-corrected chi connectivity index (χ2v) is 6.27. The lowest BCUT2D eigenvalue weighted by Gasteiger charge is -2.43. The second kappa shape index (κ2) is 6.73. The molecule has 0 spiro atoms. The SMILES string of the molecule is NCC1(CN2CCN(c3ccccn3)CC2)CCOCC1. The van der Waals surface area contributed by atoms with Crippen molar-refractivity contribution < 1.29 is 4.74 Å². The van der Waals surface area contributed by atoms with E-state index in [1.165, 1.54) is 0 Å². The molecule has 1 aromatic heterocycles. The molecule has 5 heteroatoms. The molecular weight excluding hydrogens is 264 g/mol. The predicted octanol–water partition coefficient (Wildman–Crippen LogP) is 0.959. The zero-order valence-electron chi connectivity index (χ0n) is 12.7. The number of hydrogen-bond acceptors (Lipinski definition) is 5. The van der Waals surface area contributed by atoms with Crippen LogP contribution < -0.4 is 10.6 Å². The van der Waals surface area contributed by atoms with E-state index in [0.717, 1.165) is 71.1 Å². The normalized spacial score (nSPS) is 23.2. The van der Waals surface area contributed by atoms with Gasteiger partial charge in [0.1, 0.15) is 5.82 Å². The highest BCUT2D eigenvalue weighted by Crippen LogP contribution is 2.30. The minimum atomic E-state index is 0.269. The monoisotopic (exact) mass is 290 g/mol.